The zero-order valence-corrected chi connectivity index (χ0v) is 10.6. The van der Waals surface area contributed by atoms with Crippen LogP contribution >= 0.6 is 0 Å². The highest BCUT2D eigenvalue weighted by molar-refractivity contribution is 6.12. The monoisotopic (exact) mass is 240 g/mol. The van der Waals surface area contributed by atoms with Gasteiger partial charge in [-0.1, -0.05) is 18.2 Å². The molecule has 1 heterocycles. The molecule has 0 amide bonds. The Hall–Kier alpha value is -2.16. The molecule has 3 nitrogen and oxygen atoms in total. The Morgan fingerprint density at radius 2 is 1.89 bits per heavy atom. The maximum absolute atomic E-state index is 6.22. The van der Waals surface area contributed by atoms with Gasteiger partial charge in [-0.2, -0.15) is 0 Å². The quantitative estimate of drug-likeness (QED) is 0.698. The van der Waals surface area contributed by atoms with Crippen LogP contribution in [0.25, 0.3) is 21.8 Å². The molecule has 2 aromatic carbocycles. The molecule has 18 heavy (non-hydrogen) atoms. The normalized spacial score (nSPS) is 11.2. The molecule has 0 atom stereocenters. The minimum Gasteiger partial charge on any atom is -0.492 e. The molecule has 3 heteroatoms. The van der Waals surface area contributed by atoms with Crippen molar-refractivity contribution in [2.75, 3.05) is 12.3 Å². The van der Waals surface area contributed by atoms with E-state index in [1.54, 1.807) is 0 Å². The number of aromatic nitrogens is 1. The van der Waals surface area contributed by atoms with E-state index >= 15 is 0 Å². The molecule has 0 unspecified atom stereocenters. The lowest BCUT2D eigenvalue weighted by Gasteiger charge is -2.08. The fourth-order valence-corrected chi connectivity index (χ4v) is 2.56. The molecule has 0 saturated carbocycles. The summed E-state index contributed by atoms with van der Waals surface area (Å²) in [7, 11) is 2.04. The maximum atomic E-state index is 6.22. The number of benzene rings is 2. The van der Waals surface area contributed by atoms with Gasteiger partial charge in [0.1, 0.15) is 5.75 Å². The predicted octanol–water partition coefficient (Wildman–Crippen LogP) is 3.31. The Kier molecular flexibility index (Phi) is 2.40. The third-order valence-electron chi connectivity index (χ3n) is 3.37. The van der Waals surface area contributed by atoms with Gasteiger partial charge in [0.05, 0.1) is 17.8 Å². The molecule has 3 aromatic rings. The van der Waals surface area contributed by atoms with E-state index in [-0.39, 0.29) is 0 Å². The van der Waals surface area contributed by atoms with Crippen LogP contribution in [-0.2, 0) is 7.05 Å². The molecule has 0 saturated heterocycles. The van der Waals surface area contributed by atoms with E-state index in [0.717, 1.165) is 11.3 Å². The number of rotatable bonds is 2. The van der Waals surface area contributed by atoms with Gasteiger partial charge in [-0.3, -0.25) is 0 Å². The number of anilines is 1. The first kappa shape index (κ1) is 11.0. The zero-order valence-electron chi connectivity index (χ0n) is 10.6. The van der Waals surface area contributed by atoms with Gasteiger partial charge in [-0.15, -0.1) is 0 Å². The number of fused-ring (bicyclic) bond motifs is 3. The summed E-state index contributed by atoms with van der Waals surface area (Å²) in [6, 6.07) is 12.4. The topological polar surface area (TPSA) is 40.2 Å². The number of nitrogens with zero attached hydrogens (tertiary/aromatic N) is 1. The Bertz CT molecular complexity index is 728. The second-order valence-corrected chi connectivity index (χ2v) is 4.38. The molecule has 0 aliphatic rings. The van der Waals surface area contributed by atoms with Crippen LogP contribution in [0.15, 0.2) is 36.4 Å². The summed E-state index contributed by atoms with van der Waals surface area (Å²) in [5, 5.41) is 2.40. The first-order valence-corrected chi connectivity index (χ1v) is 6.12. The molecular weight excluding hydrogens is 224 g/mol. The molecule has 0 bridgehead atoms. The summed E-state index contributed by atoms with van der Waals surface area (Å²) in [5.41, 5.74) is 9.17. The van der Waals surface area contributed by atoms with Crippen molar-refractivity contribution in [3.05, 3.63) is 36.4 Å². The number of aryl methyl sites for hydroxylation is 1. The van der Waals surface area contributed by atoms with Gasteiger partial charge < -0.3 is 15.0 Å². The minimum atomic E-state index is 0.625. The first-order valence-electron chi connectivity index (χ1n) is 6.12. The van der Waals surface area contributed by atoms with Crippen LogP contribution in [0, 0.1) is 0 Å². The van der Waals surface area contributed by atoms with E-state index < -0.39 is 0 Å². The van der Waals surface area contributed by atoms with Gasteiger partial charge in [-0.05, 0) is 25.1 Å². The second kappa shape index (κ2) is 3.95. The molecule has 2 N–H and O–H groups in total. The van der Waals surface area contributed by atoms with Crippen molar-refractivity contribution in [1.29, 1.82) is 0 Å². The Morgan fingerprint density at radius 3 is 2.67 bits per heavy atom. The molecule has 0 radical (unpaired) electrons. The van der Waals surface area contributed by atoms with Gasteiger partial charge in [-0.25, -0.2) is 0 Å². The summed E-state index contributed by atoms with van der Waals surface area (Å²) in [4.78, 5) is 0. The van der Waals surface area contributed by atoms with E-state index in [0.29, 0.717) is 12.3 Å². The van der Waals surface area contributed by atoms with Crippen molar-refractivity contribution in [1.82, 2.24) is 4.57 Å². The Balaban J connectivity index is 2.44. The summed E-state index contributed by atoms with van der Waals surface area (Å²) in [6.45, 7) is 2.59. The molecule has 3 rings (SSSR count). The van der Waals surface area contributed by atoms with E-state index in [9.17, 15) is 0 Å². The maximum Gasteiger partial charge on any atom is 0.144 e. The number of hydrogen-bond donors (Lipinski definition) is 1. The van der Waals surface area contributed by atoms with Crippen LogP contribution in [0.4, 0.5) is 5.69 Å². The first-order chi connectivity index (χ1) is 8.74. The zero-order chi connectivity index (χ0) is 12.7. The molecule has 92 valence electrons. The molecular formula is C15H16N2O. The van der Waals surface area contributed by atoms with E-state index in [2.05, 4.69) is 28.8 Å². The van der Waals surface area contributed by atoms with Crippen LogP contribution in [0.2, 0.25) is 0 Å². The molecule has 0 aliphatic heterocycles. The van der Waals surface area contributed by atoms with Gasteiger partial charge in [0.15, 0.2) is 0 Å². The number of para-hydroxylation sites is 1. The third-order valence-corrected chi connectivity index (χ3v) is 3.37. The van der Waals surface area contributed by atoms with Crippen LogP contribution in [0.5, 0.6) is 5.75 Å². The van der Waals surface area contributed by atoms with Crippen molar-refractivity contribution < 1.29 is 4.74 Å². The third kappa shape index (κ3) is 1.37. The fraction of sp³-hybridized carbons (Fsp3) is 0.200. The highest BCUT2D eigenvalue weighted by Gasteiger charge is 2.13. The molecule has 1 aromatic heterocycles. The minimum absolute atomic E-state index is 0.625. The van der Waals surface area contributed by atoms with Gasteiger partial charge in [0.2, 0.25) is 0 Å². The lowest BCUT2D eigenvalue weighted by atomic mass is 10.1. The van der Waals surface area contributed by atoms with E-state index in [4.69, 9.17) is 10.5 Å². The Labute approximate surface area is 106 Å². The highest BCUT2D eigenvalue weighted by atomic mass is 16.5. The average molecular weight is 240 g/mol. The SMILES string of the molecule is CCOc1ccc2c3ccccc3n(C)c2c1N. The number of nitrogens with two attached hydrogens (primary N) is 1. The van der Waals surface area contributed by atoms with Crippen LogP contribution in [-0.4, -0.2) is 11.2 Å². The van der Waals surface area contributed by atoms with Crippen LogP contribution in [0.3, 0.4) is 0 Å². The van der Waals surface area contributed by atoms with Crippen LogP contribution in [0.1, 0.15) is 6.92 Å². The standard InChI is InChI=1S/C15H16N2O/c1-3-18-13-9-8-11-10-6-4-5-7-12(10)17(2)15(11)14(13)16/h4-9H,3,16H2,1-2H3. The fourth-order valence-electron chi connectivity index (χ4n) is 2.56. The highest BCUT2D eigenvalue weighted by Crippen LogP contribution is 2.36. The van der Waals surface area contributed by atoms with Gasteiger partial charge >= 0.3 is 0 Å². The number of nitrogen functional groups attached to an aromatic ring is 1. The summed E-state index contributed by atoms with van der Waals surface area (Å²) in [6.07, 6.45) is 0. The average Bonchev–Trinajstić information content (AvgIpc) is 2.68. The number of ether oxygens (including phenoxy) is 1. The van der Waals surface area contributed by atoms with Gasteiger partial charge in [0, 0.05) is 23.3 Å². The summed E-state index contributed by atoms with van der Waals surface area (Å²) < 4.78 is 7.68. The lowest BCUT2D eigenvalue weighted by Crippen LogP contribution is -1.99. The Morgan fingerprint density at radius 1 is 1.11 bits per heavy atom. The van der Waals surface area contributed by atoms with E-state index in [1.807, 2.05) is 26.1 Å². The van der Waals surface area contributed by atoms with Crippen molar-refractivity contribution in [3.63, 3.8) is 0 Å². The van der Waals surface area contributed by atoms with Crippen molar-refractivity contribution in [2.45, 2.75) is 6.92 Å². The van der Waals surface area contributed by atoms with Gasteiger partial charge in [0.25, 0.3) is 0 Å². The van der Waals surface area contributed by atoms with Crippen LogP contribution < -0.4 is 10.5 Å². The second-order valence-electron chi connectivity index (χ2n) is 4.38. The summed E-state index contributed by atoms with van der Waals surface area (Å²) >= 11 is 0. The smallest absolute Gasteiger partial charge is 0.144 e. The molecule has 0 spiro atoms. The van der Waals surface area contributed by atoms with Crippen molar-refractivity contribution in [2.24, 2.45) is 7.05 Å². The summed E-state index contributed by atoms with van der Waals surface area (Å²) in [5.74, 6) is 0.760. The van der Waals surface area contributed by atoms with Crippen molar-refractivity contribution >= 4 is 27.5 Å². The lowest BCUT2D eigenvalue weighted by molar-refractivity contribution is 0.342. The largest absolute Gasteiger partial charge is 0.492 e. The predicted molar refractivity (Wildman–Crippen MR) is 76.0 cm³/mol. The molecule has 0 aliphatic carbocycles. The number of hydrogen-bond acceptors (Lipinski definition) is 2. The van der Waals surface area contributed by atoms with E-state index in [1.165, 1.54) is 16.3 Å². The molecule has 0 fully saturated rings. The van der Waals surface area contributed by atoms with Crippen molar-refractivity contribution in [3.8, 4) is 5.75 Å².